The number of nitrogen functional groups attached to an aromatic ring is 2. The second-order valence-corrected chi connectivity index (χ2v) is 13.8. The van der Waals surface area contributed by atoms with Crippen molar-refractivity contribution in [3.63, 3.8) is 0 Å². The van der Waals surface area contributed by atoms with E-state index in [1.165, 1.54) is 9.13 Å². The van der Waals surface area contributed by atoms with Crippen LogP contribution in [0.15, 0.2) is 58.1 Å². The maximum absolute atomic E-state index is 12.4. The normalized spacial score (nSPS) is 11.2. The number of aliphatic hydroxyl groups is 2. The number of nitrogens with two attached hydrogens (primary N) is 2. The van der Waals surface area contributed by atoms with E-state index in [-0.39, 0.29) is 48.2 Å². The Kier molecular flexibility index (Phi) is 16.6. The zero-order chi connectivity index (χ0) is 41.3. The van der Waals surface area contributed by atoms with Crippen LogP contribution in [0.5, 0.6) is 12.0 Å². The maximum Gasteiger partial charge on any atom is 0.328 e. The second kappa shape index (κ2) is 22.2. The van der Waals surface area contributed by atoms with Crippen LogP contribution in [0.25, 0.3) is 22.3 Å². The molecule has 6 aromatic rings. The Morgan fingerprint density at radius 1 is 0.603 bits per heavy atom. The number of H-pyrrole nitrogens is 2. The molecule has 0 amide bonds. The van der Waals surface area contributed by atoms with Gasteiger partial charge in [-0.25, -0.2) is 9.59 Å². The number of aromatic amines is 2. The number of nitrogens with one attached hydrogen (secondary N) is 4. The van der Waals surface area contributed by atoms with Crippen molar-refractivity contribution in [1.82, 2.24) is 49.7 Å². The van der Waals surface area contributed by atoms with E-state index in [0.717, 1.165) is 87.0 Å². The van der Waals surface area contributed by atoms with E-state index < -0.39 is 0 Å². The molecule has 0 fully saturated rings. The van der Waals surface area contributed by atoms with Crippen molar-refractivity contribution in [2.45, 2.75) is 78.6 Å². The molecule has 0 spiro atoms. The number of ether oxygens (including phenoxy) is 2. The van der Waals surface area contributed by atoms with Crippen LogP contribution in [0, 0.1) is 0 Å². The number of hydrogen-bond donors (Lipinski definition) is 8. The lowest BCUT2D eigenvalue weighted by atomic mass is 10.1. The van der Waals surface area contributed by atoms with Crippen molar-refractivity contribution in [2.24, 2.45) is 0 Å². The third-order valence-electron chi connectivity index (χ3n) is 9.13. The average molecular weight is 801 g/mol. The lowest BCUT2D eigenvalue weighted by Gasteiger charge is -2.08. The van der Waals surface area contributed by atoms with Gasteiger partial charge in [-0.1, -0.05) is 75.2 Å². The average Bonchev–Trinajstić information content (AvgIpc) is 3.71. The van der Waals surface area contributed by atoms with Crippen molar-refractivity contribution in [3.05, 3.63) is 91.8 Å². The van der Waals surface area contributed by atoms with Crippen LogP contribution in [-0.2, 0) is 26.2 Å². The van der Waals surface area contributed by atoms with Crippen molar-refractivity contribution < 1.29 is 19.7 Å². The van der Waals surface area contributed by atoms with E-state index in [1.807, 2.05) is 48.5 Å². The number of hydrogen-bond acceptors (Lipinski definition) is 14. The zero-order valence-corrected chi connectivity index (χ0v) is 33.3. The molecule has 0 radical (unpaired) electrons. The molecule has 58 heavy (non-hydrogen) atoms. The fourth-order valence-electron chi connectivity index (χ4n) is 5.86. The van der Waals surface area contributed by atoms with Crippen LogP contribution >= 0.6 is 0 Å². The highest BCUT2D eigenvalue weighted by Gasteiger charge is 2.16. The summed E-state index contributed by atoms with van der Waals surface area (Å²) in [5, 5.41) is 24.2. The van der Waals surface area contributed by atoms with Gasteiger partial charge in [0.05, 0.1) is 26.3 Å². The summed E-state index contributed by atoms with van der Waals surface area (Å²) in [6, 6.07) is 16.4. The van der Waals surface area contributed by atoms with Gasteiger partial charge < -0.3 is 51.8 Å². The quantitative estimate of drug-likeness (QED) is 0.0460. The van der Waals surface area contributed by atoms with Crippen molar-refractivity contribution >= 4 is 34.0 Å². The number of rotatable bonds is 22. The number of anilines is 2. The molecule has 0 saturated carbocycles. The summed E-state index contributed by atoms with van der Waals surface area (Å²) < 4.78 is 14.2. The minimum atomic E-state index is -0.290. The fraction of sp³-hybridized carbons (Fsp3) is 0.450. The topological polar surface area (TPSA) is 262 Å². The summed E-state index contributed by atoms with van der Waals surface area (Å²) in [4.78, 5) is 47.4. The predicted octanol–water partition coefficient (Wildman–Crippen LogP) is 2.80. The molecule has 18 heteroatoms. The Morgan fingerprint density at radius 3 is 1.34 bits per heavy atom. The van der Waals surface area contributed by atoms with Gasteiger partial charge in [-0.15, -0.1) is 0 Å². The summed E-state index contributed by atoms with van der Waals surface area (Å²) >= 11 is 0. The molecule has 4 heterocycles. The van der Waals surface area contributed by atoms with Gasteiger partial charge in [0.2, 0.25) is 0 Å². The van der Waals surface area contributed by atoms with E-state index >= 15 is 0 Å². The molecule has 10 N–H and O–H groups in total. The molecule has 0 bridgehead atoms. The molecule has 4 aromatic heterocycles. The Balaban J connectivity index is 0.000000221. The van der Waals surface area contributed by atoms with Crippen LogP contribution in [-0.4, -0.2) is 88.8 Å². The van der Waals surface area contributed by atoms with Gasteiger partial charge in [-0.3, -0.25) is 9.13 Å². The third-order valence-corrected chi connectivity index (χ3v) is 9.13. The lowest BCUT2D eigenvalue weighted by molar-refractivity contribution is 0.285. The standard InChI is InChI=1S/2C20H28N6O3/c2*1-2-3-11-29-19-24-17(21)16-18(25-19)26(20(28)23-16)13-15-7-5-14(6-8-15)12-22-9-4-10-27/h2*5-8,22,27H,2-4,9-13H2,1H3,(H,23,28)(H2,21,24,25). The van der Waals surface area contributed by atoms with Gasteiger partial charge in [0.25, 0.3) is 0 Å². The van der Waals surface area contributed by atoms with Crippen molar-refractivity contribution in [1.29, 1.82) is 0 Å². The van der Waals surface area contributed by atoms with E-state index in [9.17, 15) is 9.59 Å². The second-order valence-electron chi connectivity index (χ2n) is 13.8. The number of fused-ring (bicyclic) bond motifs is 2. The van der Waals surface area contributed by atoms with Crippen molar-refractivity contribution in [2.75, 3.05) is 51.0 Å². The van der Waals surface area contributed by atoms with E-state index in [0.29, 0.717) is 48.6 Å². The van der Waals surface area contributed by atoms with Gasteiger partial charge in [0, 0.05) is 26.3 Å². The van der Waals surface area contributed by atoms with Crippen molar-refractivity contribution in [3.8, 4) is 12.0 Å². The Hall–Kier alpha value is -5.82. The summed E-state index contributed by atoms with van der Waals surface area (Å²) in [5.41, 5.74) is 17.3. The maximum atomic E-state index is 12.4. The molecular formula is C40H56N12O6. The Bertz CT molecular complexity index is 2120. The largest absolute Gasteiger partial charge is 0.463 e. The highest BCUT2D eigenvalue weighted by atomic mass is 16.5. The highest BCUT2D eigenvalue weighted by molar-refractivity contribution is 5.82. The number of aliphatic hydroxyl groups excluding tert-OH is 2. The van der Waals surface area contributed by atoms with Crippen LogP contribution in [0.3, 0.4) is 0 Å². The first-order valence-electron chi connectivity index (χ1n) is 19.8. The molecule has 312 valence electrons. The minimum Gasteiger partial charge on any atom is -0.463 e. The minimum absolute atomic E-state index is 0.181. The molecule has 0 saturated heterocycles. The van der Waals surface area contributed by atoms with Gasteiger partial charge in [-0.05, 0) is 61.0 Å². The first-order valence-corrected chi connectivity index (χ1v) is 19.8. The van der Waals surface area contributed by atoms with Crippen LogP contribution in [0.4, 0.5) is 11.6 Å². The fourth-order valence-corrected chi connectivity index (χ4v) is 5.86. The van der Waals surface area contributed by atoms with Crippen LogP contribution in [0.2, 0.25) is 0 Å². The molecule has 0 aliphatic carbocycles. The first kappa shape index (κ1) is 43.3. The molecule has 0 aliphatic heterocycles. The first-order chi connectivity index (χ1) is 28.2. The number of nitrogens with zero attached hydrogens (tertiary/aromatic N) is 6. The monoisotopic (exact) mass is 800 g/mol. The Labute approximate surface area is 336 Å². The number of aromatic nitrogens is 8. The number of imidazole rings is 2. The van der Waals surface area contributed by atoms with E-state index in [1.54, 1.807) is 0 Å². The molecule has 18 nitrogen and oxygen atoms in total. The zero-order valence-electron chi connectivity index (χ0n) is 33.3. The molecule has 0 aliphatic rings. The number of unbranched alkanes of at least 4 members (excludes halogenated alkanes) is 2. The highest BCUT2D eigenvalue weighted by Crippen LogP contribution is 2.20. The SMILES string of the molecule is CCCCOc1nc(N)c2[nH]c(=O)n(Cc3ccc(CNCCCO)cc3)c2n1.CCCCOc1nc(N)c2[nH]c(=O)n(Cc3ccc(CNCCCO)cc3)c2n1. The molecule has 2 aromatic carbocycles. The summed E-state index contributed by atoms with van der Waals surface area (Å²) in [6.07, 6.45) is 5.25. The Morgan fingerprint density at radius 2 is 0.983 bits per heavy atom. The van der Waals surface area contributed by atoms with Crippen LogP contribution in [0.1, 0.15) is 74.6 Å². The predicted molar refractivity (Wildman–Crippen MR) is 224 cm³/mol. The molecule has 6 rings (SSSR count). The van der Waals surface area contributed by atoms with Gasteiger partial charge in [0.15, 0.2) is 22.9 Å². The summed E-state index contributed by atoms with van der Waals surface area (Å²) in [7, 11) is 0. The smallest absolute Gasteiger partial charge is 0.328 e. The van der Waals surface area contributed by atoms with Crippen LogP contribution < -0.4 is 43.0 Å². The third kappa shape index (κ3) is 12.1. The summed E-state index contributed by atoms with van der Waals surface area (Å²) in [5.74, 6) is 0.392. The van der Waals surface area contributed by atoms with E-state index in [4.69, 9.17) is 31.2 Å². The van der Waals surface area contributed by atoms with Gasteiger partial charge >= 0.3 is 23.4 Å². The molecule has 0 unspecified atom stereocenters. The number of benzene rings is 2. The summed E-state index contributed by atoms with van der Waals surface area (Å²) in [6.45, 7) is 9.25. The van der Waals surface area contributed by atoms with Gasteiger partial charge in [0.1, 0.15) is 11.0 Å². The van der Waals surface area contributed by atoms with Gasteiger partial charge in [-0.2, -0.15) is 19.9 Å². The molecule has 0 atom stereocenters. The molecular weight excluding hydrogens is 745 g/mol. The van der Waals surface area contributed by atoms with E-state index in [2.05, 4.69) is 54.4 Å². The lowest BCUT2D eigenvalue weighted by Crippen LogP contribution is -2.18.